The van der Waals surface area contributed by atoms with Crippen molar-refractivity contribution in [1.29, 1.82) is 0 Å². The van der Waals surface area contributed by atoms with Crippen molar-refractivity contribution in [3.8, 4) is 0 Å². The van der Waals surface area contributed by atoms with Gasteiger partial charge in [-0.25, -0.2) is 4.39 Å². The molecule has 0 rings (SSSR count). The fraction of sp³-hybridized carbons (Fsp3) is 1.00. The van der Waals surface area contributed by atoms with Crippen molar-refractivity contribution in [3.05, 3.63) is 0 Å². The van der Waals surface area contributed by atoms with Crippen LogP contribution in [0.4, 0.5) is 13.2 Å². The van der Waals surface area contributed by atoms with Crippen LogP contribution in [-0.4, -0.2) is 26.2 Å². The van der Waals surface area contributed by atoms with E-state index in [9.17, 15) is 13.2 Å². The quantitative estimate of drug-likeness (QED) is 0.443. The molecule has 0 bridgehead atoms. The summed E-state index contributed by atoms with van der Waals surface area (Å²) in [5, 5.41) is 0. The zero-order chi connectivity index (χ0) is 10.2. The van der Waals surface area contributed by atoms with E-state index in [0.717, 1.165) is 19.3 Å². The molecule has 0 amide bonds. The summed E-state index contributed by atoms with van der Waals surface area (Å²) >= 11 is 0. The lowest BCUT2D eigenvalue weighted by Gasteiger charge is -2.12. The predicted octanol–water partition coefficient (Wildman–Crippen LogP) is 2.73. The molecule has 0 aliphatic carbocycles. The van der Waals surface area contributed by atoms with Crippen molar-refractivity contribution in [2.45, 2.75) is 32.3 Å². The molecule has 13 heavy (non-hydrogen) atoms. The van der Waals surface area contributed by atoms with E-state index >= 15 is 0 Å². The lowest BCUT2D eigenvalue weighted by Crippen LogP contribution is -2.24. The second-order valence-electron chi connectivity index (χ2n) is 2.65. The molecule has 0 N–H and O–H groups in total. The molecule has 0 unspecified atom stereocenters. The Bertz CT molecular complexity index is 120. The standard InChI is InChI=1S/C8H15F3O2/c1-2-3-4-5-12-7-13-8(10,11)6-9/h2-7H2,1H3. The van der Waals surface area contributed by atoms with E-state index in [4.69, 9.17) is 4.74 Å². The highest BCUT2D eigenvalue weighted by Crippen LogP contribution is 2.15. The molecule has 0 saturated carbocycles. The van der Waals surface area contributed by atoms with Gasteiger partial charge in [0, 0.05) is 6.61 Å². The molecule has 80 valence electrons. The molecule has 0 spiro atoms. The van der Waals surface area contributed by atoms with Gasteiger partial charge in [-0.1, -0.05) is 19.8 Å². The molecular formula is C8H15F3O2. The van der Waals surface area contributed by atoms with Gasteiger partial charge in [0.2, 0.25) is 0 Å². The Morgan fingerprint density at radius 2 is 1.92 bits per heavy atom. The smallest absolute Gasteiger partial charge is 0.355 e. The second-order valence-corrected chi connectivity index (χ2v) is 2.65. The van der Waals surface area contributed by atoms with Gasteiger partial charge in [-0.3, -0.25) is 4.74 Å². The van der Waals surface area contributed by atoms with Crippen molar-refractivity contribution >= 4 is 0 Å². The summed E-state index contributed by atoms with van der Waals surface area (Å²) in [5.41, 5.74) is 0. The maximum Gasteiger partial charge on any atom is 0.386 e. The van der Waals surface area contributed by atoms with Gasteiger partial charge < -0.3 is 4.74 Å². The monoisotopic (exact) mass is 200 g/mol. The molecular weight excluding hydrogens is 185 g/mol. The van der Waals surface area contributed by atoms with Crippen LogP contribution in [0, 0.1) is 0 Å². The molecule has 0 aromatic heterocycles. The van der Waals surface area contributed by atoms with Crippen molar-refractivity contribution in [1.82, 2.24) is 0 Å². The Hall–Kier alpha value is -0.290. The van der Waals surface area contributed by atoms with Crippen LogP contribution in [0.15, 0.2) is 0 Å². The highest BCUT2D eigenvalue weighted by atomic mass is 19.3. The van der Waals surface area contributed by atoms with Gasteiger partial charge in [0.25, 0.3) is 0 Å². The van der Waals surface area contributed by atoms with E-state index in [0.29, 0.717) is 6.61 Å². The topological polar surface area (TPSA) is 18.5 Å². The molecule has 0 fully saturated rings. The number of halogens is 3. The number of ether oxygens (including phenoxy) is 2. The molecule has 0 aromatic rings. The normalized spacial score (nSPS) is 12.0. The summed E-state index contributed by atoms with van der Waals surface area (Å²) in [6, 6.07) is 0. The fourth-order valence-corrected chi connectivity index (χ4v) is 0.680. The van der Waals surface area contributed by atoms with Crippen LogP contribution in [0.3, 0.4) is 0 Å². The SMILES string of the molecule is CCCCCOCOC(F)(F)CF. The molecule has 0 heterocycles. The van der Waals surface area contributed by atoms with Gasteiger partial charge in [0.05, 0.1) is 0 Å². The third-order valence-electron chi connectivity index (χ3n) is 1.40. The Morgan fingerprint density at radius 3 is 2.46 bits per heavy atom. The number of unbranched alkanes of at least 4 members (excludes halogenated alkanes) is 2. The lowest BCUT2D eigenvalue weighted by atomic mass is 10.3. The molecule has 2 nitrogen and oxygen atoms in total. The highest BCUT2D eigenvalue weighted by molar-refractivity contribution is 4.45. The number of hydrogen-bond acceptors (Lipinski definition) is 2. The van der Waals surface area contributed by atoms with Gasteiger partial charge in [-0.05, 0) is 6.42 Å². The van der Waals surface area contributed by atoms with Gasteiger partial charge in [-0.15, -0.1) is 0 Å². The molecule has 0 saturated heterocycles. The van der Waals surface area contributed by atoms with Crippen LogP contribution in [0.2, 0.25) is 0 Å². The summed E-state index contributed by atoms with van der Waals surface area (Å²) in [5.74, 6) is 0. The molecule has 0 atom stereocenters. The Labute approximate surface area is 76.0 Å². The summed E-state index contributed by atoms with van der Waals surface area (Å²) < 4.78 is 44.1. The molecule has 0 aliphatic heterocycles. The highest BCUT2D eigenvalue weighted by Gasteiger charge is 2.29. The number of alkyl halides is 3. The summed E-state index contributed by atoms with van der Waals surface area (Å²) in [4.78, 5) is 0. The third-order valence-corrected chi connectivity index (χ3v) is 1.40. The zero-order valence-electron chi connectivity index (χ0n) is 7.69. The molecule has 5 heteroatoms. The largest absolute Gasteiger partial charge is 0.386 e. The van der Waals surface area contributed by atoms with Gasteiger partial charge in [0.15, 0.2) is 13.5 Å². The second kappa shape index (κ2) is 7.15. The Morgan fingerprint density at radius 1 is 1.23 bits per heavy atom. The van der Waals surface area contributed by atoms with E-state index in [-0.39, 0.29) is 0 Å². The lowest BCUT2D eigenvalue weighted by molar-refractivity contribution is -0.282. The Balaban J connectivity index is 3.16. The summed E-state index contributed by atoms with van der Waals surface area (Å²) in [7, 11) is 0. The molecule has 0 aromatic carbocycles. The van der Waals surface area contributed by atoms with Crippen LogP contribution in [0.25, 0.3) is 0 Å². The van der Waals surface area contributed by atoms with E-state index < -0.39 is 19.6 Å². The van der Waals surface area contributed by atoms with Gasteiger partial charge in [-0.2, -0.15) is 8.78 Å². The maximum atomic E-state index is 12.1. The average molecular weight is 200 g/mol. The number of hydrogen-bond donors (Lipinski definition) is 0. The van der Waals surface area contributed by atoms with E-state index in [1.165, 1.54) is 0 Å². The number of rotatable bonds is 8. The van der Waals surface area contributed by atoms with Gasteiger partial charge >= 0.3 is 6.11 Å². The predicted molar refractivity (Wildman–Crippen MR) is 42.4 cm³/mol. The molecule has 0 aliphatic rings. The average Bonchev–Trinajstić information content (AvgIpc) is 2.11. The summed E-state index contributed by atoms with van der Waals surface area (Å²) in [6.45, 7) is 0.0237. The minimum Gasteiger partial charge on any atom is -0.355 e. The van der Waals surface area contributed by atoms with E-state index in [1.807, 2.05) is 6.92 Å². The first-order chi connectivity index (χ1) is 6.12. The Kier molecular flexibility index (Phi) is 6.99. The van der Waals surface area contributed by atoms with E-state index in [2.05, 4.69) is 4.74 Å². The summed E-state index contributed by atoms with van der Waals surface area (Å²) in [6.07, 6.45) is -0.879. The van der Waals surface area contributed by atoms with Crippen molar-refractivity contribution in [2.75, 3.05) is 20.1 Å². The first-order valence-corrected chi connectivity index (χ1v) is 4.28. The van der Waals surface area contributed by atoms with Gasteiger partial charge in [0.1, 0.15) is 0 Å². The zero-order valence-corrected chi connectivity index (χ0v) is 7.69. The van der Waals surface area contributed by atoms with Crippen molar-refractivity contribution in [3.63, 3.8) is 0 Å². The third kappa shape index (κ3) is 8.05. The molecule has 0 radical (unpaired) electrons. The first-order valence-electron chi connectivity index (χ1n) is 4.28. The fourth-order valence-electron chi connectivity index (χ4n) is 0.680. The van der Waals surface area contributed by atoms with Crippen LogP contribution >= 0.6 is 0 Å². The minimum atomic E-state index is -3.70. The van der Waals surface area contributed by atoms with E-state index in [1.54, 1.807) is 0 Å². The van der Waals surface area contributed by atoms with Crippen molar-refractivity contribution in [2.24, 2.45) is 0 Å². The minimum absolute atomic E-state index is 0.371. The maximum absolute atomic E-state index is 12.1. The van der Waals surface area contributed by atoms with Crippen molar-refractivity contribution < 1.29 is 22.6 Å². The van der Waals surface area contributed by atoms with Crippen LogP contribution in [0.1, 0.15) is 26.2 Å². The van der Waals surface area contributed by atoms with Crippen LogP contribution in [-0.2, 0) is 9.47 Å². The van der Waals surface area contributed by atoms with Crippen LogP contribution in [0.5, 0.6) is 0 Å². The first kappa shape index (κ1) is 12.7. The van der Waals surface area contributed by atoms with Crippen LogP contribution < -0.4 is 0 Å².